The van der Waals surface area contributed by atoms with Crippen LogP contribution in [0.5, 0.6) is 0 Å². The van der Waals surface area contributed by atoms with Gasteiger partial charge in [-0.05, 0) is 30.2 Å². The molecule has 1 unspecified atom stereocenters. The second-order valence-corrected chi connectivity index (χ2v) is 5.62. The maximum atomic E-state index is 5.39. The molecule has 1 aliphatic heterocycles. The standard InChI is InChI=1S/C13H18N4OS/c1-14-13-16-11(10-4-7-19-12(10)17-13)15-5-2-9-3-6-18-8-9/h4,7,9H,2-3,5-6,8H2,1H3,(H2,14,15,16,17). The first-order chi connectivity index (χ1) is 9.36. The zero-order valence-corrected chi connectivity index (χ0v) is 11.8. The summed E-state index contributed by atoms with van der Waals surface area (Å²) in [5.41, 5.74) is 0. The van der Waals surface area contributed by atoms with E-state index in [0.717, 1.165) is 42.2 Å². The average molecular weight is 278 g/mol. The SMILES string of the molecule is CNc1nc(NCCC2CCOC2)c2ccsc2n1. The van der Waals surface area contributed by atoms with Crippen LogP contribution in [0.4, 0.5) is 11.8 Å². The van der Waals surface area contributed by atoms with Crippen molar-refractivity contribution in [3.63, 3.8) is 0 Å². The van der Waals surface area contributed by atoms with E-state index in [1.54, 1.807) is 11.3 Å². The Bertz CT molecular complexity index is 551. The van der Waals surface area contributed by atoms with Crippen LogP contribution in [0, 0.1) is 5.92 Å². The second kappa shape index (κ2) is 5.71. The van der Waals surface area contributed by atoms with Crippen LogP contribution in [-0.4, -0.2) is 36.8 Å². The Morgan fingerprint density at radius 1 is 1.47 bits per heavy atom. The number of nitrogens with one attached hydrogen (secondary N) is 2. The van der Waals surface area contributed by atoms with E-state index in [4.69, 9.17) is 4.74 Å². The normalized spacial score (nSPS) is 18.9. The molecule has 0 bridgehead atoms. The van der Waals surface area contributed by atoms with Crippen LogP contribution in [0.25, 0.3) is 10.2 Å². The molecule has 0 spiro atoms. The molecule has 0 aliphatic carbocycles. The molecule has 19 heavy (non-hydrogen) atoms. The maximum Gasteiger partial charge on any atom is 0.225 e. The van der Waals surface area contributed by atoms with Crippen LogP contribution in [0.1, 0.15) is 12.8 Å². The van der Waals surface area contributed by atoms with Gasteiger partial charge in [0.05, 0.1) is 5.39 Å². The van der Waals surface area contributed by atoms with Crippen molar-refractivity contribution in [2.24, 2.45) is 5.92 Å². The number of aromatic nitrogens is 2. The number of hydrogen-bond donors (Lipinski definition) is 2. The minimum absolute atomic E-state index is 0.668. The van der Waals surface area contributed by atoms with E-state index < -0.39 is 0 Å². The van der Waals surface area contributed by atoms with Crippen molar-refractivity contribution < 1.29 is 4.74 Å². The van der Waals surface area contributed by atoms with E-state index in [-0.39, 0.29) is 0 Å². The fraction of sp³-hybridized carbons (Fsp3) is 0.538. The highest BCUT2D eigenvalue weighted by molar-refractivity contribution is 7.16. The molecular weight excluding hydrogens is 260 g/mol. The summed E-state index contributed by atoms with van der Waals surface area (Å²) in [7, 11) is 1.84. The predicted octanol–water partition coefficient (Wildman–Crippen LogP) is 2.57. The maximum absolute atomic E-state index is 5.39. The van der Waals surface area contributed by atoms with Crippen LogP contribution in [0.2, 0.25) is 0 Å². The third kappa shape index (κ3) is 2.79. The lowest BCUT2D eigenvalue weighted by Gasteiger charge is -2.11. The topological polar surface area (TPSA) is 59.1 Å². The fourth-order valence-electron chi connectivity index (χ4n) is 2.31. The second-order valence-electron chi connectivity index (χ2n) is 4.73. The lowest BCUT2D eigenvalue weighted by atomic mass is 10.1. The van der Waals surface area contributed by atoms with E-state index in [0.29, 0.717) is 11.9 Å². The van der Waals surface area contributed by atoms with Crippen molar-refractivity contribution in [1.29, 1.82) is 0 Å². The zero-order chi connectivity index (χ0) is 13.1. The summed E-state index contributed by atoms with van der Waals surface area (Å²) in [5, 5.41) is 9.59. The Balaban J connectivity index is 1.70. The number of thiophene rings is 1. The quantitative estimate of drug-likeness (QED) is 0.880. The van der Waals surface area contributed by atoms with Gasteiger partial charge in [-0.15, -0.1) is 11.3 Å². The third-order valence-corrected chi connectivity index (χ3v) is 4.22. The molecule has 6 heteroatoms. The van der Waals surface area contributed by atoms with E-state index >= 15 is 0 Å². The van der Waals surface area contributed by atoms with Crippen molar-refractivity contribution in [1.82, 2.24) is 9.97 Å². The summed E-state index contributed by atoms with van der Waals surface area (Å²) in [6.07, 6.45) is 2.31. The highest BCUT2D eigenvalue weighted by Crippen LogP contribution is 2.26. The van der Waals surface area contributed by atoms with E-state index in [9.17, 15) is 0 Å². The van der Waals surface area contributed by atoms with Gasteiger partial charge < -0.3 is 15.4 Å². The first kappa shape index (κ1) is 12.6. The molecule has 102 valence electrons. The molecule has 5 nitrogen and oxygen atoms in total. The number of anilines is 2. The number of rotatable bonds is 5. The van der Waals surface area contributed by atoms with Gasteiger partial charge in [0.15, 0.2) is 0 Å². The Hall–Kier alpha value is -1.40. The van der Waals surface area contributed by atoms with Crippen molar-refractivity contribution in [3.8, 4) is 0 Å². The number of nitrogens with zero attached hydrogens (tertiary/aromatic N) is 2. The molecule has 1 saturated heterocycles. The molecule has 0 amide bonds. The van der Waals surface area contributed by atoms with Gasteiger partial charge >= 0.3 is 0 Å². The first-order valence-corrected chi connectivity index (χ1v) is 7.49. The largest absolute Gasteiger partial charge is 0.381 e. The van der Waals surface area contributed by atoms with Gasteiger partial charge in [0.1, 0.15) is 10.6 Å². The molecule has 1 aliphatic rings. The molecule has 2 N–H and O–H groups in total. The van der Waals surface area contributed by atoms with Gasteiger partial charge in [-0.25, -0.2) is 4.98 Å². The first-order valence-electron chi connectivity index (χ1n) is 6.61. The van der Waals surface area contributed by atoms with Crippen molar-refractivity contribution in [2.75, 3.05) is 37.4 Å². The van der Waals surface area contributed by atoms with Crippen molar-refractivity contribution in [2.45, 2.75) is 12.8 Å². The minimum atomic E-state index is 0.668. The summed E-state index contributed by atoms with van der Waals surface area (Å²) in [6, 6.07) is 2.07. The summed E-state index contributed by atoms with van der Waals surface area (Å²) in [6.45, 7) is 2.75. The van der Waals surface area contributed by atoms with Gasteiger partial charge in [-0.3, -0.25) is 0 Å². The number of hydrogen-bond acceptors (Lipinski definition) is 6. The zero-order valence-electron chi connectivity index (χ0n) is 11.0. The predicted molar refractivity (Wildman–Crippen MR) is 79.0 cm³/mol. The smallest absolute Gasteiger partial charge is 0.225 e. The lowest BCUT2D eigenvalue weighted by Crippen LogP contribution is -2.11. The summed E-state index contributed by atoms with van der Waals surface area (Å²) in [4.78, 5) is 9.95. The van der Waals surface area contributed by atoms with Crippen LogP contribution < -0.4 is 10.6 Å². The summed E-state index contributed by atoms with van der Waals surface area (Å²) < 4.78 is 5.39. The number of ether oxygens (including phenoxy) is 1. The van der Waals surface area contributed by atoms with Gasteiger partial charge in [0.2, 0.25) is 5.95 Å². The Labute approximate surface area is 116 Å². The van der Waals surface area contributed by atoms with Gasteiger partial charge in [-0.1, -0.05) is 0 Å². The Morgan fingerprint density at radius 3 is 3.21 bits per heavy atom. The van der Waals surface area contributed by atoms with Crippen molar-refractivity contribution >= 4 is 33.3 Å². The highest BCUT2D eigenvalue weighted by Gasteiger charge is 2.15. The Kier molecular flexibility index (Phi) is 3.79. The van der Waals surface area contributed by atoms with E-state index in [1.165, 1.54) is 6.42 Å². The fourth-order valence-corrected chi connectivity index (χ4v) is 3.07. The Morgan fingerprint density at radius 2 is 2.42 bits per heavy atom. The van der Waals surface area contributed by atoms with Gasteiger partial charge in [-0.2, -0.15) is 4.98 Å². The van der Waals surface area contributed by atoms with Crippen LogP contribution >= 0.6 is 11.3 Å². The summed E-state index contributed by atoms with van der Waals surface area (Å²) in [5.74, 6) is 2.28. The van der Waals surface area contributed by atoms with Crippen LogP contribution in [0.3, 0.4) is 0 Å². The molecular formula is C13H18N4OS. The molecule has 0 radical (unpaired) electrons. The van der Waals surface area contributed by atoms with E-state index in [1.807, 2.05) is 7.05 Å². The molecule has 0 aromatic carbocycles. The van der Waals surface area contributed by atoms with Crippen LogP contribution in [-0.2, 0) is 4.74 Å². The lowest BCUT2D eigenvalue weighted by molar-refractivity contribution is 0.185. The third-order valence-electron chi connectivity index (χ3n) is 3.42. The van der Waals surface area contributed by atoms with E-state index in [2.05, 4.69) is 32.0 Å². The van der Waals surface area contributed by atoms with Gasteiger partial charge in [0.25, 0.3) is 0 Å². The molecule has 1 atom stereocenters. The molecule has 3 rings (SSSR count). The molecule has 1 fully saturated rings. The summed E-state index contributed by atoms with van der Waals surface area (Å²) >= 11 is 1.64. The number of fused-ring (bicyclic) bond motifs is 1. The molecule has 2 aromatic heterocycles. The molecule has 2 aromatic rings. The minimum Gasteiger partial charge on any atom is -0.381 e. The van der Waals surface area contributed by atoms with Gasteiger partial charge in [0, 0.05) is 26.8 Å². The highest BCUT2D eigenvalue weighted by atomic mass is 32.1. The van der Waals surface area contributed by atoms with Crippen molar-refractivity contribution in [3.05, 3.63) is 11.4 Å². The monoisotopic (exact) mass is 278 g/mol. The van der Waals surface area contributed by atoms with Crippen LogP contribution in [0.15, 0.2) is 11.4 Å². The molecule has 3 heterocycles. The average Bonchev–Trinajstić information content (AvgIpc) is 3.08. The molecule has 0 saturated carbocycles.